The number of ether oxygens (including phenoxy) is 3. The Hall–Kier alpha value is -4.26. The number of carbonyl (C=O) groups excluding carboxylic acids is 2. The second-order valence-electron chi connectivity index (χ2n) is 9.39. The number of carbonyl (C=O) groups is 2. The van der Waals surface area contributed by atoms with Crippen molar-refractivity contribution < 1.29 is 28.9 Å². The van der Waals surface area contributed by atoms with Gasteiger partial charge < -0.3 is 24.2 Å². The number of benzene rings is 3. The normalized spacial score (nSPS) is 16.7. The fourth-order valence-electron chi connectivity index (χ4n) is 4.43. The van der Waals surface area contributed by atoms with Crippen molar-refractivity contribution in [3.63, 3.8) is 0 Å². The first-order valence-electron chi connectivity index (χ1n) is 12.7. The predicted octanol–water partition coefficient (Wildman–Crippen LogP) is 5.89. The zero-order chi connectivity index (χ0) is 27.2. The highest BCUT2D eigenvalue weighted by Crippen LogP contribution is 2.41. The van der Waals surface area contributed by atoms with E-state index in [2.05, 4.69) is 0 Å². The Bertz CT molecular complexity index is 1310. The maximum atomic E-state index is 13.4. The highest BCUT2D eigenvalue weighted by molar-refractivity contribution is 6.46. The van der Waals surface area contributed by atoms with Crippen LogP contribution in [-0.2, 0) is 16.1 Å². The summed E-state index contributed by atoms with van der Waals surface area (Å²) in [6, 6.07) is 20.7. The van der Waals surface area contributed by atoms with Crippen molar-refractivity contribution in [3.8, 4) is 17.2 Å². The molecule has 7 nitrogen and oxygen atoms in total. The summed E-state index contributed by atoms with van der Waals surface area (Å²) in [5.74, 6) is 0.330. The highest BCUT2D eigenvalue weighted by atomic mass is 16.5. The Kier molecular flexibility index (Phi) is 8.36. The molecular weight excluding hydrogens is 482 g/mol. The third-order valence-electron chi connectivity index (χ3n) is 6.20. The van der Waals surface area contributed by atoms with Crippen LogP contribution in [-0.4, -0.2) is 41.5 Å². The second-order valence-corrected chi connectivity index (χ2v) is 9.39. The van der Waals surface area contributed by atoms with Gasteiger partial charge in [0.25, 0.3) is 11.7 Å². The largest absolute Gasteiger partial charge is 0.507 e. The van der Waals surface area contributed by atoms with Crippen LogP contribution < -0.4 is 14.2 Å². The zero-order valence-electron chi connectivity index (χ0n) is 22.1. The molecule has 198 valence electrons. The van der Waals surface area contributed by atoms with Gasteiger partial charge in [0, 0.05) is 12.1 Å². The van der Waals surface area contributed by atoms with Gasteiger partial charge >= 0.3 is 0 Å². The van der Waals surface area contributed by atoms with Gasteiger partial charge in [-0.3, -0.25) is 9.59 Å². The van der Waals surface area contributed by atoms with Crippen LogP contribution in [0.1, 0.15) is 49.9 Å². The number of hydrogen-bond acceptors (Lipinski definition) is 6. The molecule has 1 heterocycles. The quantitative estimate of drug-likeness (QED) is 0.206. The third-order valence-corrected chi connectivity index (χ3v) is 6.20. The number of methoxy groups -OCH3 is 1. The first kappa shape index (κ1) is 26.8. The summed E-state index contributed by atoms with van der Waals surface area (Å²) in [7, 11) is 1.59. The number of hydrogen-bond donors (Lipinski definition) is 1. The molecule has 3 aromatic carbocycles. The average molecular weight is 516 g/mol. The molecule has 1 aliphatic rings. The van der Waals surface area contributed by atoms with E-state index in [1.54, 1.807) is 43.5 Å². The predicted molar refractivity (Wildman–Crippen MR) is 145 cm³/mol. The molecule has 0 bridgehead atoms. The van der Waals surface area contributed by atoms with Crippen molar-refractivity contribution >= 4 is 17.4 Å². The molecule has 1 saturated heterocycles. The molecule has 0 radical (unpaired) electrons. The van der Waals surface area contributed by atoms with E-state index in [9.17, 15) is 14.7 Å². The lowest BCUT2D eigenvalue weighted by molar-refractivity contribution is -0.140. The molecule has 7 heteroatoms. The molecule has 0 aliphatic carbocycles. The van der Waals surface area contributed by atoms with Gasteiger partial charge in [-0.25, -0.2) is 0 Å². The number of aliphatic hydroxyl groups excluding tert-OH is 1. The number of rotatable bonds is 10. The number of aliphatic hydroxyl groups is 1. The van der Waals surface area contributed by atoms with Gasteiger partial charge in [-0.2, -0.15) is 0 Å². The van der Waals surface area contributed by atoms with E-state index in [0.717, 1.165) is 12.0 Å². The summed E-state index contributed by atoms with van der Waals surface area (Å²) in [5.41, 5.74) is 1.95. The van der Waals surface area contributed by atoms with Gasteiger partial charge in [0.05, 0.1) is 31.4 Å². The number of Topliss-reactive ketones (excluding diaryl/α,β-unsaturated/α-hetero) is 1. The Morgan fingerprint density at radius 3 is 2.26 bits per heavy atom. The van der Waals surface area contributed by atoms with Crippen molar-refractivity contribution in [2.75, 3.05) is 13.7 Å². The maximum Gasteiger partial charge on any atom is 0.295 e. The number of ketones is 1. The highest BCUT2D eigenvalue weighted by Gasteiger charge is 2.46. The van der Waals surface area contributed by atoms with Gasteiger partial charge in [-0.05, 0) is 79.9 Å². The van der Waals surface area contributed by atoms with Gasteiger partial charge in [-0.15, -0.1) is 0 Å². The van der Waals surface area contributed by atoms with Gasteiger partial charge in [0.15, 0.2) is 0 Å². The van der Waals surface area contributed by atoms with E-state index in [4.69, 9.17) is 14.2 Å². The Labute approximate surface area is 223 Å². The summed E-state index contributed by atoms with van der Waals surface area (Å²) < 4.78 is 16.8. The molecule has 1 fully saturated rings. The van der Waals surface area contributed by atoms with Crippen molar-refractivity contribution in [2.24, 2.45) is 0 Å². The van der Waals surface area contributed by atoms with Crippen molar-refractivity contribution in [2.45, 2.75) is 45.9 Å². The lowest BCUT2D eigenvalue weighted by Gasteiger charge is -2.26. The van der Waals surface area contributed by atoms with Crippen LogP contribution in [0, 0.1) is 0 Å². The van der Waals surface area contributed by atoms with Crippen LogP contribution in [0.25, 0.3) is 5.76 Å². The van der Waals surface area contributed by atoms with Gasteiger partial charge in [-0.1, -0.05) is 31.2 Å². The van der Waals surface area contributed by atoms with E-state index < -0.39 is 17.7 Å². The molecule has 1 N–H and O–H groups in total. The van der Waals surface area contributed by atoms with E-state index in [0.29, 0.717) is 35.0 Å². The summed E-state index contributed by atoms with van der Waals surface area (Å²) in [6.07, 6.45) is 0.822. The van der Waals surface area contributed by atoms with Crippen LogP contribution >= 0.6 is 0 Å². The van der Waals surface area contributed by atoms with Gasteiger partial charge in [0.1, 0.15) is 23.0 Å². The van der Waals surface area contributed by atoms with E-state index in [1.807, 2.05) is 57.2 Å². The third kappa shape index (κ3) is 5.83. The molecule has 0 saturated carbocycles. The number of amides is 1. The zero-order valence-corrected chi connectivity index (χ0v) is 22.1. The van der Waals surface area contributed by atoms with E-state index in [1.165, 1.54) is 4.90 Å². The average Bonchev–Trinajstić information content (AvgIpc) is 3.17. The topological polar surface area (TPSA) is 85.3 Å². The van der Waals surface area contributed by atoms with Crippen molar-refractivity contribution in [1.29, 1.82) is 0 Å². The summed E-state index contributed by atoms with van der Waals surface area (Å²) in [6.45, 7) is 6.63. The lowest BCUT2D eigenvalue weighted by atomic mass is 9.95. The SMILES string of the molecule is CCCOc1ccc(/C(O)=C2/C(=O)C(=O)N(Cc3ccc(OC)cc3)C2c2cccc(OC(C)C)c2)cc1. The molecule has 3 aromatic rings. The molecular formula is C31H33NO6. The first-order valence-corrected chi connectivity index (χ1v) is 12.7. The minimum atomic E-state index is -0.802. The maximum absolute atomic E-state index is 13.4. The second kappa shape index (κ2) is 11.9. The van der Waals surface area contributed by atoms with Crippen LogP contribution in [0.15, 0.2) is 78.4 Å². The number of nitrogens with zero attached hydrogens (tertiary/aromatic N) is 1. The molecule has 1 atom stereocenters. The Morgan fingerprint density at radius 2 is 1.63 bits per heavy atom. The molecule has 1 unspecified atom stereocenters. The van der Waals surface area contributed by atoms with E-state index in [-0.39, 0.29) is 24.0 Å². The Balaban J connectivity index is 1.78. The van der Waals surface area contributed by atoms with Crippen LogP contribution in [0.3, 0.4) is 0 Å². The van der Waals surface area contributed by atoms with Crippen molar-refractivity contribution in [3.05, 3.63) is 95.1 Å². The minimum absolute atomic E-state index is 0.0347. The molecule has 0 aromatic heterocycles. The van der Waals surface area contributed by atoms with Gasteiger partial charge in [0.2, 0.25) is 0 Å². The lowest BCUT2D eigenvalue weighted by Crippen LogP contribution is -2.29. The number of likely N-dealkylation sites (tertiary alicyclic amines) is 1. The summed E-state index contributed by atoms with van der Waals surface area (Å²) in [5, 5.41) is 11.4. The van der Waals surface area contributed by atoms with Crippen molar-refractivity contribution in [1.82, 2.24) is 4.90 Å². The van der Waals surface area contributed by atoms with Crippen LogP contribution in [0.4, 0.5) is 0 Å². The fraction of sp³-hybridized carbons (Fsp3) is 0.290. The summed E-state index contributed by atoms with van der Waals surface area (Å²) in [4.78, 5) is 28.2. The summed E-state index contributed by atoms with van der Waals surface area (Å²) >= 11 is 0. The van der Waals surface area contributed by atoms with Crippen LogP contribution in [0.5, 0.6) is 17.2 Å². The molecule has 1 amide bonds. The molecule has 38 heavy (non-hydrogen) atoms. The first-order chi connectivity index (χ1) is 18.3. The van der Waals surface area contributed by atoms with Crippen LogP contribution in [0.2, 0.25) is 0 Å². The van der Waals surface area contributed by atoms with E-state index >= 15 is 0 Å². The smallest absolute Gasteiger partial charge is 0.295 e. The minimum Gasteiger partial charge on any atom is -0.507 e. The fourth-order valence-corrected chi connectivity index (χ4v) is 4.43. The molecule has 1 aliphatic heterocycles. The standard InChI is InChI=1S/C31H33NO6/c1-5-17-37-25-15-11-22(12-16-25)29(33)27-28(23-7-6-8-26(18-23)38-20(2)3)32(31(35)30(27)34)19-21-9-13-24(36-4)14-10-21/h6-16,18,20,28,33H,5,17,19H2,1-4H3/b29-27-. The molecule has 0 spiro atoms. The molecule has 4 rings (SSSR count). The monoisotopic (exact) mass is 515 g/mol. The Morgan fingerprint density at radius 1 is 0.947 bits per heavy atom.